The van der Waals surface area contributed by atoms with Gasteiger partial charge in [-0.3, -0.25) is 9.36 Å². The van der Waals surface area contributed by atoms with E-state index in [4.69, 9.17) is 4.74 Å². The van der Waals surface area contributed by atoms with Crippen LogP contribution in [0.3, 0.4) is 0 Å². The monoisotopic (exact) mass is 466 g/mol. The zero-order chi connectivity index (χ0) is 23.2. The van der Waals surface area contributed by atoms with E-state index in [1.54, 1.807) is 35.8 Å². The molecule has 9 heteroatoms. The van der Waals surface area contributed by atoms with Gasteiger partial charge in [0.1, 0.15) is 5.82 Å². The third kappa shape index (κ3) is 5.38. The summed E-state index contributed by atoms with van der Waals surface area (Å²) in [5, 5.41) is 11.5. The van der Waals surface area contributed by atoms with E-state index >= 15 is 0 Å². The number of halogens is 2. The highest BCUT2D eigenvalue weighted by Crippen LogP contribution is 2.29. The molecule has 168 valence electrons. The van der Waals surface area contributed by atoms with Crippen LogP contribution in [0.4, 0.5) is 14.5 Å². The Morgan fingerprint density at radius 1 is 0.970 bits per heavy atom. The molecule has 0 radical (unpaired) electrons. The van der Waals surface area contributed by atoms with Gasteiger partial charge in [-0.25, -0.2) is 8.78 Å². The van der Waals surface area contributed by atoms with Crippen LogP contribution < -0.4 is 10.1 Å². The molecule has 4 rings (SSSR count). The first-order valence-electron chi connectivity index (χ1n) is 10.1. The minimum Gasteiger partial charge on any atom is -0.480 e. The van der Waals surface area contributed by atoms with Crippen molar-refractivity contribution in [3.05, 3.63) is 96.3 Å². The van der Waals surface area contributed by atoms with Crippen LogP contribution in [-0.4, -0.2) is 26.4 Å². The number of para-hydroxylation sites is 3. The molecular formula is C24H20F2N4O2S. The van der Waals surface area contributed by atoms with Crippen molar-refractivity contribution in [2.24, 2.45) is 0 Å². The second-order valence-corrected chi connectivity index (χ2v) is 7.96. The number of nitrogens with zero attached hydrogens (tertiary/aromatic N) is 3. The zero-order valence-electron chi connectivity index (χ0n) is 17.6. The maximum absolute atomic E-state index is 14.1. The summed E-state index contributed by atoms with van der Waals surface area (Å²) in [5.41, 5.74) is 0.874. The number of hydrogen-bond donors (Lipinski definition) is 1. The average Bonchev–Trinajstić information content (AvgIpc) is 3.25. The molecule has 4 aromatic rings. The van der Waals surface area contributed by atoms with Gasteiger partial charge in [-0.05, 0) is 43.3 Å². The van der Waals surface area contributed by atoms with E-state index in [1.807, 2.05) is 30.3 Å². The normalized spacial score (nSPS) is 11.7. The predicted octanol–water partition coefficient (Wildman–Crippen LogP) is 5.42. The van der Waals surface area contributed by atoms with Gasteiger partial charge in [-0.15, -0.1) is 10.2 Å². The Hall–Kier alpha value is -3.72. The summed E-state index contributed by atoms with van der Waals surface area (Å²) in [5.74, 6) is -0.835. The number of nitrogens with one attached hydrogen (secondary N) is 1. The van der Waals surface area contributed by atoms with Crippen molar-refractivity contribution in [2.45, 2.75) is 18.2 Å². The van der Waals surface area contributed by atoms with E-state index < -0.39 is 17.7 Å². The van der Waals surface area contributed by atoms with E-state index in [2.05, 4.69) is 15.5 Å². The number of ether oxygens (including phenoxy) is 1. The first-order chi connectivity index (χ1) is 16.0. The van der Waals surface area contributed by atoms with Gasteiger partial charge in [0.2, 0.25) is 5.91 Å². The lowest BCUT2D eigenvalue weighted by atomic mass is 10.3. The molecule has 1 N–H and O–H groups in total. The molecule has 33 heavy (non-hydrogen) atoms. The van der Waals surface area contributed by atoms with Gasteiger partial charge in [0.25, 0.3) is 0 Å². The van der Waals surface area contributed by atoms with Crippen molar-refractivity contribution in [1.82, 2.24) is 14.8 Å². The number of aromatic nitrogens is 3. The highest BCUT2D eigenvalue weighted by Gasteiger charge is 2.22. The van der Waals surface area contributed by atoms with Crippen molar-refractivity contribution < 1.29 is 18.3 Å². The third-order valence-electron chi connectivity index (χ3n) is 4.66. The molecule has 0 fully saturated rings. The topological polar surface area (TPSA) is 69.0 Å². The molecule has 0 saturated heterocycles. The fourth-order valence-corrected chi connectivity index (χ4v) is 3.88. The Morgan fingerprint density at radius 2 is 1.64 bits per heavy atom. The van der Waals surface area contributed by atoms with Gasteiger partial charge in [-0.2, -0.15) is 0 Å². The first kappa shape index (κ1) is 22.5. The highest BCUT2D eigenvalue weighted by atomic mass is 32.2. The summed E-state index contributed by atoms with van der Waals surface area (Å²) in [7, 11) is 0. The van der Waals surface area contributed by atoms with Gasteiger partial charge in [0, 0.05) is 5.69 Å². The molecule has 0 bridgehead atoms. The van der Waals surface area contributed by atoms with Crippen molar-refractivity contribution >= 4 is 23.4 Å². The van der Waals surface area contributed by atoms with Crippen LogP contribution in [0.2, 0.25) is 0 Å². The van der Waals surface area contributed by atoms with E-state index in [0.717, 1.165) is 17.4 Å². The van der Waals surface area contributed by atoms with Gasteiger partial charge in [0.15, 0.2) is 28.7 Å². The van der Waals surface area contributed by atoms with Crippen LogP contribution in [0.1, 0.15) is 18.9 Å². The summed E-state index contributed by atoms with van der Waals surface area (Å²) < 4.78 is 35.4. The maximum Gasteiger partial charge on any atom is 0.234 e. The van der Waals surface area contributed by atoms with E-state index in [-0.39, 0.29) is 23.1 Å². The summed E-state index contributed by atoms with van der Waals surface area (Å²) in [6.07, 6.45) is -0.629. The number of anilines is 1. The molecular weight excluding hydrogens is 446 g/mol. The number of hydrogen-bond acceptors (Lipinski definition) is 5. The summed E-state index contributed by atoms with van der Waals surface area (Å²) >= 11 is 1.15. The summed E-state index contributed by atoms with van der Waals surface area (Å²) in [6, 6.07) is 21.4. The molecule has 0 aliphatic rings. The van der Waals surface area contributed by atoms with Crippen LogP contribution in [0.5, 0.6) is 5.75 Å². The first-order valence-corrected chi connectivity index (χ1v) is 11.1. The third-order valence-corrected chi connectivity index (χ3v) is 5.59. The van der Waals surface area contributed by atoms with Crippen LogP contribution in [-0.2, 0) is 4.79 Å². The van der Waals surface area contributed by atoms with Gasteiger partial charge >= 0.3 is 0 Å². The predicted molar refractivity (Wildman–Crippen MR) is 123 cm³/mol. The van der Waals surface area contributed by atoms with Crippen molar-refractivity contribution in [1.29, 1.82) is 0 Å². The molecule has 0 aliphatic carbocycles. The van der Waals surface area contributed by atoms with Crippen LogP contribution in [0.25, 0.3) is 5.69 Å². The lowest BCUT2D eigenvalue weighted by Crippen LogP contribution is -2.16. The number of rotatable bonds is 8. The van der Waals surface area contributed by atoms with Gasteiger partial charge < -0.3 is 10.1 Å². The SMILES string of the molecule is CC(Oc1ccccc1F)c1nnc(SCC(=O)Nc2ccccc2F)n1-c1ccccc1. The number of carbonyl (C=O) groups excluding carboxylic acids is 1. The Morgan fingerprint density at radius 3 is 2.36 bits per heavy atom. The molecule has 0 saturated carbocycles. The molecule has 1 heterocycles. The number of thioether (sulfide) groups is 1. The number of benzene rings is 3. The molecule has 1 unspecified atom stereocenters. The van der Waals surface area contributed by atoms with Crippen molar-refractivity contribution in [2.75, 3.05) is 11.1 Å². The average molecular weight is 467 g/mol. The smallest absolute Gasteiger partial charge is 0.234 e. The number of amides is 1. The maximum atomic E-state index is 14.1. The van der Waals surface area contributed by atoms with Gasteiger partial charge in [-0.1, -0.05) is 54.2 Å². The van der Waals surface area contributed by atoms with Crippen LogP contribution in [0.15, 0.2) is 84.0 Å². The lowest BCUT2D eigenvalue weighted by Gasteiger charge is -2.17. The Bertz CT molecular complexity index is 1250. The second kappa shape index (κ2) is 10.3. The number of carbonyl (C=O) groups is 1. The highest BCUT2D eigenvalue weighted by molar-refractivity contribution is 7.99. The Labute approximate surface area is 193 Å². The van der Waals surface area contributed by atoms with E-state index in [0.29, 0.717) is 11.0 Å². The van der Waals surface area contributed by atoms with Gasteiger partial charge in [0.05, 0.1) is 11.4 Å². The Kier molecular flexibility index (Phi) is 6.99. The fraction of sp³-hybridized carbons (Fsp3) is 0.125. The van der Waals surface area contributed by atoms with Crippen LogP contribution >= 0.6 is 11.8 Å². The minimum absolute atomic E-state index is 0.0121. The summed E-state index contributed by atoms with van der Waals surface area (Å²) in [6.45, 7) is 1.75. The molecule has 3 aromatic carbocycles. The minimum atomic E-state index is -0.629. The van der Waals surface area contributed by atoms with E-state index in [1.165, 1.54) is 24.3 Å². The van der Waals surface area contributed by atoms with Crippen LogP contribution in [0, 0.1) is 11.6 Å². The van der Waals surface area contributed by atoms with E-state index in [9.17, 15) is 13.6 Å². The molecule has 1 atom stereocenters. The summed E-state index contributed by atoms with van der Waals surface area (Å²) in [4.78, 5) is 12.4. The largest absolute Gasteiger partial charge is 0.480 e. The Balaban J connectivity index is 1.56. The molecule has 6 nitrogen and oxygen atoms in total. The van der Waals surface area contributed by atoms with Crippen molar-refractivity contribution in [3.63, 3.8) is 0 Å². The molecule has 1 amide bonds. The van der Waals surface area contributed by atoms with Crippen molar-refractivity contribution in [3.8, 4) is 11.4 Å². The quantitative estimate of drug-likeness (QED) is 0.352. The molecule has 1 aromatic heterocycles. The second-order valence-electron chi connectivity index (χ2n) is 7.02. The molecule has 0 spiro atoms. The lowest BCUT2D eigenvalue weighted by molar-refractivity contribution is -0.113. The standard InChI is InChI=1S/C24H20F2N4O2S/c1-16(32-21-14-8-6-12-19(21)26)23-28-29-24(30(23)17-9-3-2-4-10-17)33-15-22(31)27-20-13-7-5-11-18(20)25/h2-14,16H,15H2,1H3,(H,27,31). The molecule has 0 aliphatic heterocycles. The zero-order valence-corrected chi connectivity index (χ0v) is 18.4. The fourth-order valence-electron chi connectivity index (χ4n) is 3.12.